The number of unbranched alkanes of at least 4 members (excludes halogenated alkanes) is 2. The van der Waals surface area contributed by atoms with Gasteiger partial charge < -0.3 is 11.5 Å². The molecule has 2 aromatic carbocycles. The van der Waals surface area contributed by atoms with Crippen LogP contribution in [0.4, 0.5) is 4.79 Å². The minimum absolute atomic E-state index is 0.0265. The number of nitrogens with two attached hydrogens (primary N) is 2. The topological polar surface area (TPSA) is 110 Å². The number of hydrogen-bond donors (Lipinski definition) is 2. The Balaban J connectivity index is 2.13. The molecule has 0 spiro atoms. The molecule has 0 saturated carbocycles. The lowest BCUT2D eigenvalue weighted by molar-refractivity contribution is -0.159. The number of carbonyl (C=O) groups is 3. The second-order valence-electron chi connectivity index (χ2n) is 11.3. The van der Waals surface area contributed by atoms with Crippen molar-refractivity contribution in [2.45, 2.75) is 64.7 Å². The summed E-state index contributed by atoms with van der Waals surface area (Å²) in [6.07, 6.45) is 2.87. The van der Waals surface area contributed by atoms with Crippen molar-refractivity contribution >= 4 is 49.7 Å². The van der Waals surface area contributed by atoms with Crippen LogP contribution in [0.3, 0.4) is 0 Å². The standard InChI is InChI=1S/C30H40Br2N4O3/c1-29(2,3)23-10-8-21(9-11-23)19-30(20-22-16-24(31)18-25(32)17-22)26(37)35(14-6-4-12-33)28(39)36(27(30)38)15-7-5-13-34/h8-11,16-18H,4-7,12-15,19-20,33-34H2,1-3H3. The van der Waals surface area contributed by atoms with Crippen molar-refractivity contribution in [2.24, 2.45) is 16.9 Å². The molecular formula is C30H40Br2N4O3. The number of benzene rings is 2. The summed E-state index contributed by atoms with van der Waals surface area (Å²) in [5.41, 5.74) is 12.8. The Kier molecular flexibility index (Phi) is 10.9. The largest absolute Gasteiger partial charge is 0.333 e. The smallest absolute Gasteiger partial charge is 0.330 e. The third kappa shape index (κ3) is 7.57. The molecule has 9 heteroatoms. The first-order valence-corrected chi connectivity index (χ1v) is 15.1. The lowest BCUT2D eigenvalue weighted by Crippen LogP contribution is -2.66. The Hall–Kier alpha value is -2.07. The zero-order chi connectivity index (χ0) is 28.8. The average Bonchev–Trinajstić information content (AvgIpc) is 2.86. The SMILES string of the molecule is CC(C)(C)c1ccc(CC2(Cc3cc(Br)cc(Br)c3)C(=O)N(CCCCN)C(=O)N(CCCCN)C2=O)cc1. The lowest BCUT2D eigenvalue weighted by atomic mass is 9.72. The van der Waals surface area contributed by atoms with Gasteiger partial charge in [0, 0.05) is 22.0 Å². The van der Waals surface area contributed by atoms with Crippen LogP contribution in [-0.2, 0) is 27.8 Å². The highest BCUT2D eigenvalue weighted by Crippen LogP contribution is 2.39. The molecule has 1 aliphatic rings. The number of nitrogens with zero attached hydrogens (tertiary/aromatic N) is 2. The molecule has 1 aliphatic heterocycles. The first kappa shape index (κ1) is 31.5. The number of urea groups is 1. The van der Waals surface area contributed by atoms with E-state index in [4.69, 9.17) is 11.5 Å². The third-order valence-electron chi connectivity index (χ3n) is 7.20. The molecule has 4 amide bonds. The fraction of sp³-hybridized carbons (Fsp3) is 0.500. The number of barbiturate groups is 1. The van der Waals surface area contributed by atoms with Gasteiger partial charge in [-0.3, -0.25) is 19.4 Å². The molecule has 0 aliphatic carbocycles. The molecule has 4 N–H and O–H groups in total. The third-order valence-corrected chi connectivity index (χ3v) is 8.11. The molecule has 1 heterocycles. The normalized spacial score (nSPS) is 15.8. The van der Waals surface area contributed by atoms with Gasteiger partial charge in [-0.15, -0.1) is 0 Å². The van der Waals surface area contributed by atoms with E-state index >= 15 is 0 Å². The number of carbonyl (C=O) groups excluding carboxylic acids is 3. The molecular weight excluding hydrogens is 624 g/mol. The molecule has 0 unspecified atom stereocenters. The van der Waals surface area contributed by atoms with E-state index in [1.165, 1.54) is 15.4 Å². The van der Waals surface area contributed by atoms with Crippen LogP contribution in [0.5, 0.6) is 0 Å². The van der Waals surface area contributed by atoms with Crippen LogP contribution in [0.15, 0.2) is 51.4 Å². The highest BCUT2D eigenvalue weighted by Gasteiger charge is 2.56. The fourth-order valence-corrected chi connectivity index (χ4v) is 6.44. The maximum Gasteiger partial charge on any atom is 0.333 e. The van der Waals surface area contributed by atoms with E-state index in [-0.39, 0.29) is 31.3 Å². The van der Waals surface area contributed by atoms with E-state index in [0.717, 1.165) is 20.1 Å². The van der Waals surface area contributed by atoms with Crippen molar-refractivity contribution in [3.63, 3.8) is 0 Å². The molecule has 0 atom stereocenters. The molecule has 39 heavy (non-hydrogen) atoms. The molecule has 0 radical (unpaired) electrons. The number of halogens is 2. The van der Waals surface area contributed by atoms with Crippen molar-refractivity contribution in [3.05, 3.63) is 68.1 Å². The van der Waals surface area contributed by atoms with Gasteiger partial charge in [0.25, 0.3) is 0 Å². The van der Waals surface area contributed by atoms with Gasteiger partial charge in [0.15, 0.2) is 0 Å². The second kappa shape index (κ2) is 13.5. The van der Waals surface area contributed by atoms with Crippen LogP contribution in [0.2, 0.25) is 0 Å². The Morgan fingerprint density at radius 2 is 1.18 bits per heavy atom. The van der Waals surface area contributed by atoms with Gasteiger partial charge in [-0.1, -0.05) is 76.9 Å². The summed E-state index contributed by atoms with van der Waals surface area (Å²) in [6, 6.07) is 13.3. The van der Waals surface area contributed by atoms with E-state index in [9.17, 15) is 14.4 Å². The predicted octanol–water partition coefficient (Wildman–Crippen LogP) is 5.55. The summed E-state index contributed by atoms with van der Waals surface area (Å²) in [5, 5.41) is 0. The predicted molar refractivity (Wildman–Crippen MR) is 162 cm³/mol. The number of rotatable bonds is 12. The average molecular weight is 664 g/mol. The Morgan fingerprint density at radius 3 is 1.62 bits per heavy atom. The molecule has 1 fully saturated rings. The van der Waals surface area contributed by atoms with Crippen LogP contribution < -0.4 is 11.5 Å². The summed E-state index contributed by atoms with van der Waals surface area (Å²) in [4.78, 5) is 44.7. The molecule has 3 rings (SSSR count). The highest BCUT2D eigenvalue weighted by molar-refractivity contribution is 9.11. The second-order valence-corrected chi connectivity index (χ2v) is 13.2. The molecule has 212 valence electrons. The minimum atomic E-state index is -1.47. The van der Waals surface area contributed by atoms with E-state index in [2.05, 4.69) is 64.8 Å². The van der Waals surface area contributed by atoms with Crippen molar-refractivity contribution < 1.29 is 14.4 Å². The van der Waals surface area contributed by atoms with Crippen molar-refractivity contribution in [3.8, 4) is 0 Å². The first-order valence-electron chi connectivity index (χ1n) is 13.6. The Morgan fingerprint density at radius 1 is 0.718 bits per heavy atom. The summed E-state index contributed by atoms with van der Waals surface area (Å²) in [6.45, 7) is 7.82. The van der Waals surface area contributed by atoms with Crippen LogP contribution in [-0.4, -0.2) is 53.8 Å². The Labute approximate surface area is 248 Å². The van der Waals surface area contributed by atoms with Gasteiger partial charge in [0.05, 0.1) is 0 Å². The quantitative estimate of drug-likeness (QED) is 0.229. The van der Waals surface area contributed by atoms with Crippen LogP contribution >= 0.6 is 31.9 Å². The molecule has 0 bridgehead atoms. The number of imide groups is 2. The van der Waals surface area contributed by atoms with E-state index in [0.29, 0.717) is 38.8 Å². The summed E-state index contributed by atoms with van der Waals surface area (Å²) in [5.74, 6) is -0.888. The van der Waals surface area contributed by atoms with Crippen molar-refractivity contribution in [2.75, 3.05) is 26.2 Å². The summed E-state index contributed by atoms with van der Waals surface area (Å²) < 4.78 is 1.67. The summed E-state index contributed by atoms with van der Waals surface area (Å²) in [7, 11) is 0. The zero-order valence-electron chi connectivity index (χ0n) is 23.1. The maximum atomic E-state index is 14.3. The molecule has 2 aromatic rings. The van der Waals surface area contributed by atoms with Gasteiger partial charge in [0.1, 0.15) is 5.41 Å². The van der Waals surface area contributed by atoms with E-state index in [1.54, 1.807) is 0 Å². The van der Waals surface area contributed by atoms with Gasteiger partial charge in [0.2, 0.25) is 11.8 Å². The van der Waals surface area contributed by atoms with Crippen molar-refractivity contribution in [1.82, 2.24) is 9.80 Å². The summed E-state index contributed by atoms with van der Waals surface area (Å²) >= 11 is 7.08. The minimum Gasteiger partial charge on any atom is -0.330 e. The molecule has 1 saturated heterocycles. The van der Waals surface area contributed by atoms with Gasteiger partial charge in [-0.25, -0.2) is 4.79 Å². The Bertz CT molecular complexity index is 1130. The number of amides is 4. The monoisotopic (exact) mass is 662 g/mol. The number of hydrogen-bond acceptors (Lipinski definition) is 5. The first-order chi connectivity index (χ1) is 18.4. The van der Waals surface area contributed by atoms with Crippen LogP contribution in [0, 0.1) is 5.41 Å². The van der Waals surface area contributed by atoms with Gasteiger partial charge >= 0.3 is 6.03 Å². The fourth-order valence-electron chi connectivity index (χ4n) is 5.05. The van der Waals surface area contributed by atoms with Crippen molar-refractivity contribution in [1.29, 1.82) is 0 Å². The van der Waals surface area contributed by atoms with Gasteiger partial charge in [-0.05, 0) is 91.9 Å². The highest BCUT2D eigenvalue weighted by atomic mass is 79.9. The molecule has 7 nitrogen and oxygen atoms in total. The maximum absolute atomic E-state index is 14.3. The van der Waals surface area contributed by atoms with Crippen LogP contribution in [0.25, 0.3) is 0 Å². The van der Waals surface area contributed by atoms with E-state index in [1.807, 2.05) is 30.3 Å². The molecule has 0 aromatic heterocycles. The van der Waals surface area contributed by atoms with E-state index < -0.39 is 23.3 Å². The lowest BCUT2D eigenvalue weighted by Gasteiger charge is -2.44. The van der Waals surface area contributed by atoms with Gasteiger partial charge in [-0.2, -0.15) is 0 Å². The zero-order valence-corrected chi connectivity index (χ0v) is 26.3. The van der Waals surface area contributed by atoms with Crippen LogP contribution in [0.1, 0.15) is 63.1 Å².